The Morgan fingerprint density at radius 1 is 0.939 bits per heavy atom. The molecule has 2 heterocycles. The molecule has 2 aromatic rings. The SMILES string of the molecule is CC(=O)O.O[C@@H](CNC[C@H](O)[C@H]1CCc2cc(F)ccc2O1)[C@@H]1CCc2cc(F)ccc2O1. The number of carbonyl (C=O) groups is 1. The Kier molecular flexibility index (Phi) is 8.60. The van der Waals surface area contributed by atoms with Crippen molar-refractivity contribution in [3.63, 3.8) is 0 Å². The number of ether oxygens (including phenoxy) is 2. The van der Waals surface area contributed by atoms with Gasteiger partial charge >= 0.3 is 0 Å². The average molecular weight is 465 g/mol. The van der Waals surface area contributed by atoms with Crippen LogP contribution < -0.4 is 14.8 Å². The molecule has 0 saturated heterocycles. The maximum Gasteiger partial charge on any atom is 0.300 e. The predicted octanol–water partition coefficient (Wildman–Crippen LogP) is 2.45. The Morgan fingerprint density at radius 2 is 1.33 bits per heavy atom. The van der Waals surface area contributed by atoms with Crippen LogP contribution in [0.4, 0.5) is 8.78 Å². The molecule has 0 saturated carbocycles. The highest BCUT2D eigenvalue weighted by molar-refractivity contribution is 5.62. The summed E-state index contributed by atoms with van der Waals surface area (Å²) >= 11 is 0. The van der Waals surface area contributed by atoms with Crippen molar-refractivity contribution in [3.05, 3.63) is 59.2 Å². The highest BCUT2D eigenvalue weighted by atomic mass is 19.1. The molecule has 9 heteroatoms. The number of benzene rings is 2. The van der Waals surface area contributed by atoms with E-state index in [4.69, 9.17) is 19.4 Å². The molecule has 0 spiro atoms. The second-order valence-corrected chi connectivity index (χ2v) is 8.21. The molecule has 180 valence electrons. The lowest BCUT2D eigenvalue weighted by atomic mass is 9.98. The van der Waals surface area contributed by atoms with Crippen LogP contribution in [0, 0.1) is 11.6 Å². The molecular formula is C24H29F2NO6. The fourth-order valence-electron chi connectivity index (χ4n) is 3.94. The Bertz CT molecular complexity index is 883. The molecule has 4 N–H and O–H groups in total. The number of carboxylic acids is 1. The van der Waals surface area contributed by atoms with Crippen LogP contribution in [0.2, 0.25) is 0 Å². The molecule has 0 unspecified atom stereocenters. The summed E-state index contributed by atoms with van der Waals surface area (Å²) in [5.74, 6) is -0.209. The molecule has 33 heavy (non-hydrogen) atoms. The third-order valence-corrected chi connectivity index (χ3v) is 5.56. The molecule has 0 fully saturated rings. The standard InChI is InChI=1S/C22H25F2NO4.C2H4O2/c23-15-3-7-19-13(9-15)1-5-21(28-19)17(26)11-25-12-18(27)22-6-2-14-10-16(24)4-8-20(14)29-22;1-2(3)4/h3-4,7-10,17-18,21-22,25-27H,1-2,5-6,11-12H2;1H3,(H,3,4)/t17-,18-,21-,22+;/m0./s1. The predicted molar refractivity (Wildman–Crippen MR) is 116 cm³/mol. The van der Waals surface area contributed by atoms with Gasteiger partial charge in [-0.05, 0) is 73.2 Å². The van der Waals surface area contributed by atoms with Gasteiger partial charge in [0.05, 0.1) is 0 Å². The van der Waals surface area contributed by atoms with E-state index in [1.807, 2.05) is 0 Å². The highest BCUT2D eigenvalue weighted by Gasteiger charge is 2.29. The third kappa shape index (κ3) is 7.12. The zero-order valence-corrected chi connectivity index (χ0v) is 18.3. The maximum atomic E-state index is 13.3. The van der Waals surface area contributed by atoms with Gasteiger partial charge in [-0.2, -0.15) is 0 Å². The van der Waals surface area contributed by atoms with E-state index < -0.39 is 18.2 Å². The fraction of sp³-hybridized carbons (Fsp3) is 0.458. The van der Waals surface area contributed by atoms with Gasteiger partial charge in [-0.25, -0.2) is 8.78 Å². The van der Waals surface area contributed by atoms with Gasteiger partial charge in [-0.15, -0.1) is 0 Å². The minimum Gasteiger partial charge on any atom is -0.487 e. The number of hydrogen-bond donors (Lipinski definition) is 4. The molecule has 4 atom stereocenters. The van der Waals surface area contributed by atoms with Crippen molar-refractivity contribution in [2.75, 3.05) is 13.1 Å². The maximum absolute atomic E-state index is 13.3. The molecule has 0 amide bonds. The van der Waals surface area contributed by atoms with Crippen molar-refractivity contribution < 1.29 is 38.4 Å². The van der Waals surface area contributed by atoms with Crippen LogP contribution in [0.25, 0.3) is 0 Å². The number of rotatable bonds is 6. The molecule has 2 aliphatic rings. The van der Waals surface area contributed by atoms with E-state index in [-0.39, 0.29) is 36.9 Å². The topological polar surface area (TPSA) is 108 Å². The lowest BCUT2D eigenvalue weighted by Crippen LogP contribution is -2.46. The number of aliphatic hydroxyl groups excluding tert-OH is 2. The summed E-state index contributed by atoms with van der Waals surface area (Å²) in [6, 6.07) is 8.79. The largest absolute Gasteiger partial charge is 0.487 e. The number of aliphatic carboxylic acids is 1. The average Bonchev–Trinajstić information content (AvgIpc) is 2.77. The fourth-order valence-corrected chi connectivity index (χ4v) is 3.94. The van der Waals surface area contributed by atoms with E-state index in [1.165, 1.54) is 24.3 Å². The van der Waals surface area contributed by atoms with Gasteiger partial charge in [0.1, 0.15) is 47.5 Å². The molecule has 2 aromatic carbocycles. The van der Waals surface area contributed by atoms with Crippen LogP contribution in [0.15, 0.2) is 36.4 Å². The van der Waals surface area contributed by atoms with Gasteiger partial charge in [-0.3, -0.25) is 4.79 Å². The molecule has 0 bridgehead atoms. The van der Waals surface area contributed by atoms with Crippen LogP contribution in [-0.2, 0) is 17.6 Å². The minimum absolute atomic E-state index is 0.257. The van der Waals surface area contributed by atoms with Crippen LogP contribution in [0.5, 0.6) is 11.5 Å². The van der Waals surface area contributed by atoms with Crippen molar-refractivity contribution in [2.45, 2.75) is 57.0 Å². The summed E-state index contributed by atoms with van der Waals surface area (Å²) in [6.07, 6.45) is 0.214. The van der Waals surface area contributed by atoms with Crippen molar-refractivity contribution in [2.24, 2.45) is 0 Å². The molecule has 0 radical (unpaired) electrons. The van der Waals surface area contributed by atoms with Crippen LogP contribution in [-0.4, -0.2) is 58.8 Å². The number of nitrogens with one attached hydrogen (secondary N) is 1. The smallest absolute Gasteiger partial charge is 0.300 e. The van der Waals surface area contributed by atoms with E-state index in [2.05, 4.69) is 5.32 Å². The van der Waals surface area contributed by atoms with Gasteiger partial charge in [0.15, 0.2) is 0 Å². The molecule has 0 aromatic heterocycles. The van der Waals surface area contributed by atoms with E-state index in [0.29, 0.717) is 37.2 Å². The number of aliphatic hydroxyl groups is 2. The quantitative estimate of drug-likeness (QED) is 0.519. The Labute approximate surface area is 191 Å². The monoisotopic (exact) mass is 465 g/mol. The summed E-state index contributed by atoms with van der Waals surface area (Å²) in [7, 11) is 0. The number of fused-ring (bicyclic) bond motifs is 2. The lowest BCUT2D eigenvalue weighted by molar-refractivity contribution is -0.134. The first-order valence-electron chi connectivity index (χ1n) is 10.9. The van der Waals surface area contributed by atoms with E-state index in [0.717, 1.165) is 18.1 Å². The molecule has 7 nitrogen and oxygen atoms in total. The van der Waals surface area contributed by atoms with Crippen molar-refractivity contribution in [1.29, 1.82) is 0 Å². The van der Waals surface area contributed by atoms with Gasteiger partial charge in [-0.1, -0.05) is 0 Å². The molecular weight excluding hydrogens is 436 g/mol. The Balaban J connectivity index is 0.000000709. The first-order chi connectivity index (χ1) is 15.7. The van der Waals surface area contributed by atoms with Crippen LogP contribution in [0.1, 0.15) is 30.9 Å². The van der Waals surface area contributed by atoms with E-state index >= 15 is 0 Å². The summed E-state index contributed by atoms with van der Waals surface area (Å²) in [5.41, 5.74) is 1.62. The summed E-state index contributed by atoms with van der Waals surface area (Å²) in [4.78, 5) is 9.00. The third-order valence-electron chi connectivity index (χ3n) is 5.56. The van der Waals surface area contributed by atoms with Gasteiger partial charge in [0, 0.05) is 20.0 Å². The van der Waals surface area contributed by atoms with Gasteiger partial charge < -0.3 is 30.1 Å². The summed E-state index contributed by atoms with van der Waals surface area (Å²) in [6.45, 7) is 1.60. The molecule has 0 aliphatic carbocycles. The number of halogens is 2. The zero-order valence-electron chi connectivity index (χ0n) is 18.3. The zero-order chi connectivity index (χ0) is 24.0. The van der Waals surface area contributed by atoms with Crippen LogP contribution in [0.3, 0.4) is 0 Å². The number of aryl methyl sites for hydroxylation is 2. The normalized spacial score (nSPS) is 20.6. The second kappa shape index (κ2) is 11.4. The van der Waals surface area contributed by atoms with Crippen molar-refractivity contribution >= 4 is 5.97 Å². The number of carboxylic acid groups (broad SMARTS) is 1. The second-order valence-electron chi connectivity index (χ2n) is 8.21. The summed E-state index contributed by atoms with van der Waals surface area (Å²) < 4.78 is 38.2. The molecule has 2 aliphatic heterocycles. The Morgan fingerprint density at radius 3 is 1.73 bits per heavy atom. The van der Waals surface area contributed by atoms with Gasteiger partial charge in [0.2, 0.25) is 0 Å². The lowest BCUT2D eigenvalue weighted by Gasteiger charge is -2.31. The van der Waals surface area contributed by atoms with E-state index in [1.54, 1.807) is 12.1 Å². The van der Waals surface area contributed by atoms with E-state index in [9.17, 15) is 19.0 Å². The summed E-state index contributed by atoms with van der Waals surface area (Å²) in [5, 5.41) is 31.3. The minimum atomic E-state index is -0.833. The van der Waals surface area contributed by atoms with Crippen molar-refractivity contribution in [3.8, 4) is 11.5 Å². The molecule has 4 rings (SSSR count). The van der Waals surface area contributed by atoms with Gasteiger partial charge in [0.25, 0.3) is 5.97 Å². The number of hydrogen-bond acceptors (Lipinski definition) is 6. The highest BCUT2D eigenvalue weighted by Crippen LogP contribution is 2.30. The van der Waals surface area contributed by atoms with Crippen molar-refractivity contribution in [1.82, 2.24) is 5.32 Å². The Hall–Kier alpha value is -2.75. The first-order valence-corrected chi connectivity index (χ1v) is 10.9. The van der Waals surface area contributed by atoms with Crippen LogP contribution >= 0.6 is 0 Å². The first kappa shape index (κ1) is 24.9.